The molecular formula is C26H31FN2. The summed E-state index contributed by atoms with van der Waals surface area (Å²) in [5.41, 5.74) is 2.16. The Hall–Kier alpha value is -2.39. The number of nitriles is 2. The fourth-order valence-corrected chi connectivity index (χ4v) is 5.32. The Morgan fingerprint density at radius 3 is 2.14 bits per heavy atom. The SMILES string of the molecule is N#CC(F)=CC=CCCC1CCC(C2CCC(c3ccc(C#N)cc3)CC2)CC1. The third-order valence-electron chi connectivity index (χ3n) is 7.07. The van der Waals surface area contributed by atoms with Gasteiger partial charge in [-0.25, -0.2) is 0 Å². The first-order chi connectivity index (χ1) is 14.2. The number of allylic oxidation sites excluding steroid dienone is 4. The van der Waals surface area contributed by atoms with Gasteiger partial charge in [-0.2, -0.15) is 14.9 Å². The molecule has 2 aliphatic rings. The van der Waals surface area contributed by atoms with Crippen molar-refractivity contribution in [3.8, 4) is 12.1 Å². The summed E-state index contributed by atoms with van der Waals surface area (Å²) in [6.07, 6.45) is 17.7. The van der Waals surface area contributed by atoms with Crippen LogP contribution >= 0.6 is 0 Å². The summed E-state index contributed by atoms with van der Waals surface area (Å²) in [5, 5.41) is 17.3. The van der Waals surface area contributed by atoms with Gasteiger partial charge in [-0.1, -0.05) is 37.1 Å². The minimum atomic E-state index is -0.726. The van der Waals surface area contributed by atoms with Crippen molar-refractivity contribution in [2.75, 3.05) is 0 Å². The zero-order valence-corrected chi connectivity index (χ0v) is 17.2. The van der Waals surface area contributed by atoms with Crippen LogP contribution in [0.3, 0.4) is 0 Å². The maximum atomic E-state index is 12.7. The normalized spacial score (nSPS) is 28.0. The Labute approximate surface area is 174 Å². The minimum Gasteiger partial charge on any atom is -0.195 e. The maximum Gasteiger partial charge on any atom is 0.199 e. The summed E-state index contributed by atoms with van der Waals surface area (Å²) in [6.45, 7) is 0. The van der Waals surface area contributed by atoms with Crippen molar-refractivity contribution in [1.29, 1.82) is 10.5 Å². The zero-order valence-electron chi connectivity index (χ0n) is 17.2. The first-order valence-electron chi connectivity index (χ1n) is 11.1. The van der Waals surface area contributed by atoms with E-state index in [9.17, 15) is 4.39 Å². The summed E-state index contributed by atoms with van der Waals surface area (Å²) in [5.74, 6) is 2.54. The molecule has 0 radical (unpaired) electrons. The van der Waals surface area contributed by atoms with Crippen molar-refractivity contribution >= 4 is 0 Å². The van der Waals surface area contributed by atoms with E-state index in [1.54, 1.807) is 6.08 Å². The number of benzene rings is 1. The molecule has 1 aromatic carbocycles. The van der Waals surface area contributed by atoms with Crippen molar-refractivity contribution in [2.24, 2.45) is 17.8 Å². The Balaban J connectivity index is 1.36. The van der Waals surface area contributed by atoms with Crippen molar-refractivity contribution in [3.05, 3.63) is 59.4 Å². The van der Waals surface area contributed by atoms with Crippen LogP contribution in [0.15, 0.2) is 48.3 Å². The van der Waals surface area contributed by atoms with Crippen molar-refractivity contribution in [2.45, 2.75) is 70.1 Å². The average Bonchev–Trinajstić information content (AvgIpc) is 2.79. The highest BCUT2D eigenvalue weighted by molar-refractivity contribution is 5.33. The fourth-order valence-electron chi connectivity index (χ4n) is 5.32. The van der Waals surface area contributed by atoms with Crippen LogP contribution in [0.2, 0.25) is 0 Å². The Bertz CT molecular complexity index is 777. The number of nitrogens with zero attached hydrogens (tertiary/aromatic N) is 2. The van der Waals surface area contributed by atoms with Crippen molar-refractivity contribution < 1.29 is 4.39 Å². The summed E-state index contributed by atoms with van der Waals surface area (Å²) >= 11 is 0. The Kier molecular flexibility index (Phi) is 8.06. The van der Waals surface area contributed by atoms with Gasteiger partial charge in [-0.15, -0.1) is 0 Å². The zero-order chi connectivity index (χ0) is 20.5. The van der Waals surface area contributed by atoms with Gasteiger partial charge in [0.25, 0.3) is 0 Å². The summed E-state index contributed by atoms with van der Waals surface area (Å²) in [7, 11) is 0. The first kappa shape index (κ1) is 21.3. The van der Waals surface area contributed by atoms with Crippen LogP contribution in [0.5, 0.6) is 0 Å². The standard InChI is InChI=1S/C26H31FN2/c27-26(19-29)5-3-1-2-4-20-6-10-22(11-7-20)24-14-16-25(17-15-24)23-12-8-21(18-28)9-13-23/h1,3,5,8-9,12-13,20,22,24-25H,2,4,6-7,10-11,14-17H2. The summed E-state index contributed by atoms with van der Waals surface area (Å²) in [4.78, 5) is 0. The predicted octanol–water partition coefficient (Wildman–Crippen LogP) is 7.35. The van der Waals surface area contributed by atoms with Gasteiger partial charge in [-0.3, -0.25) is 0 Å². The van der Waals surface area contributed by atoms with Gasteiger partial charge < -0.3 is 0 Å². The van der Waals surface area contributed by atoms with Crippen molar-refractivity contribution in [3.63, 3.8) is 0 Å². The minimum absolute atomic E-state index is 0.669. The topological polar surface area (TPSA) is 47.6 Å². The average molecular weight is 391 g/mol. The maximum absolute atomic E-state index is 12.7. The summed E-state index contributed by atoms with van der Waals surface area (Å²) < 4.78 is 12.7. The van der Waals surface area contributed by atoms with Crippen LogP contribution in [-0.4, -0.2) is 0 Å². The molecule has 29 heavy (non-hydrogen) atoms. The van der Waals surface area contributed by atoms with Crippen LogP contribution in [0.4, 0.5) is 4.39 Å². The molecular weight excluding hydrogens is 359 g/mol. The lowest BCUT2D eigenvalue weighted by molar-refractivity contribution is 0.157. The third kappa shape index (κ3) is 6.30. The highest BCUT2D eigenvalue weighted by Gasteiger charge is 2.31. The molecule has 3 heteroatoms. The second-order valence-corrected chi connectivity index (χ2v) is 8.76. The van der Waals surface area contributed by atoms with Gasteiger partial charge in [0.2, 0.25) is 0 Å². The van der Waals surface area contributed by atoms with Crippen LogP contribution in [0.25, 0.3) is 0 Å². The number of hydrogen-bond acceptors (Lipinski definition) is 2. The molecule has 2 aliphatic carbocycles. The molecule has 2 saturated carbocycles. The summed E-state index contributed by atoms with van der Waals surface area (Å²) in [6, 6.07) is 11.9. The smallest absolute Gasteiger partial charge is 0.195 e. The van der Waals surface area contributed by atoms with E-state index in [1.165, 1.54) is 75.5 Å². The van der Waals surface area contributed by atoms with E-state index in [4.69, 9.17) is 10.5 Å². The molecule has 0 amide bonds. The van der Waals surface area contributed by atoms with Crippen LogP contribution < -0.4 is 0 Å². The highest BCUT2D eigenvalue weighted by atomic mass is 19.1. The third-order valence-corrected chi connectivity index (χ3v) is 7.07. The quantitative estimate of drug-likeness (QED) is 0.376. The first-order valence-corrected chi connectivity index (χ1v) is 11.1. The van der Waals surface area contributed by atoms with E-state index in [1.807, 2.05) is 18.2 Å². The van der Waals surface area contributed by atoms with E-state index < -0.39 is 5.83 Å². The van der Waals surface area contributed by atoms with Crippen LogP contribution in [0.1, 0.15) is 81.3 Å². The number of hydrogen-bond donors (Lipinski definition) is 0. The number of halogens is 1. The molecule has 0 heterocycles. The molecule has 0 spiro atoms. The molecule has 0 saturated heterocycles. The molecule has 0 unspecified atom stereocenters. The van der Waals surface area contributed by atoms with Gasteiger partial charge in [0.15, 0.2) is 5.83 Å². The lowest BCUT2D eigenvalue weighted by Gasteiger charge is -2.38. The van der Waals surface area contributed by atoms with E-state index in [2.05, 4.69) is 18.2 Å². The van der Waals surface area contributed by atoms with Gasteiger partial charge in [0.1, 0.15) is 6.07 Å². The number of rotatable bonds is 6. The molecule has 0 atom stereocenters. The molecule has 0 aromatic heterocycles. The molecule has 2 nitrogen and oxygen atoms in total. The molecule has 0 N–H and O–H groups in total. The second kappa shape index (κ2) is 11.0. The molecule has 3 rings (SSSR count). The molecule has 1 aromatic rings. The van der Waals surface area contributed by atoms with E-state index >= 15 is 0 Å². The lowest BCUT2D eigenvalue weighted by Crippen LogP contribution is -2.25. The van der Waals surface area contributed by atoms with Gasteiger partial charge in [0.05, 0.1) is 11.6 Å². The lowest BCUT2D eigenvalue weighted by atomic mass is 9.68. The van der Waals surface area contributed by atoms with Crippen molar-refractivity contribution in [1.82, 2.24) is 0 Å². The molecule has 2 fully saturated rings. The molecule has 152 valence electrons. The highest BCUT2D eigenvalue weighted by Crippen LogP contribution is 2.44. The molecule has 0 bridgehead atoms. The largest absolute Gasteiger partial charge is 0.199 e. The monoisotopic (exact) mass is 390 g/mol. The van der Waals surface area contributed by atoms with E-state index in [0.29, 0.717) is 5.92 Å². The van der Waals surface area contributed by atoms with Gasteiger partial charge in [-0.05, 0) is 98.8 Å². The van der Waals surface area contributed by atoms with Crippen LogP contribution in [0, 0.1) is 40.4 Å². The van der Waals surface area contributed by atoms with Crippen LogP contribution in [-0.2, 0) is 0 Å². The van der Waals surface area contributed by atoms with Gasteiger partial charge in [0, 0.05) is 0 Å². The van der Waals surface area contributed by atoms with E-state index in [-0.39, 0.29) is 0 Å². The fraction of sp³-hybridized carbons (Fsp3) is 0.538. The van der Waals surface area contributed by atoms with Gasteiger partial charge >= 0.3 is 0 Å². The predicted molar refractivity (Wildman–Crippen MR) is 114 cm³/mol. The second-order valence-electron chi connectivity index (χ2n) is 8.76. The Morgan fingerprint density at radius 1 is 0.931 bits per heavy atom. The van der Waals surface area contributed by atoms with E-state index in [0.717, 1.165) is 29.7 Å². The molecule has 0 aliphatic heterocycles. The Morgan fingerprint density at radius 2 is 1.55 bits per heavy atom.